The molecule has 2 aromatic carbocycles. The quantitative estimate of drug-likeness (QED) is 0.619. The molecule has 24 heavy (non-hydrogen) atoms. The van der Waals surface area contributed by atoms with E-state index in [-0.39, 0.29) is 5.91 Å². The van der Waals surface area contributed by atoms with Crippen LogP contribution in [-0.2, 0) is 4.74 Å². The summed E-state index contributed by atoms with van der Waals surface area (Å²) in [4.78, 5) is 23.6. The van der Waals surface area contributed by atoms with Gasteiger partial charge in [-0.3, -0.25) is 4.79 Å². The van der Waals surface area contributed by atoms with Crippen LogP contribution >= 0.6 is 0 Å². The lowest BCUT2D eigenvalue weighted by Crippen LogP contribution is -2.12. The molecule has 0 heterocycles. The van der Waals surface area contributed by atoms with Crippen LogP contribution in [0.2, 0.25) is 0 Å². The van der Waals surface area contributed by atoms with Crippen molar-refractivity contribution in [1.29, 1.82) is 0 Å². The van der Waals surface area contributed by atoms with Crippen LogP contribution in [0.5, 0.6) is 5.75 Å². The van der Waals surface area contributed by atoms with Gasteiger partial charge in [-0.25, -0.2) is 4.79 Å². The van der Waals surface area contributed by atoms with Gasteiger partial charge in [0.2, 0.25) is 0 Å². The van der Waals surface area contributed by atoms with E-state index in [1.54, 1.807) is 48.5 Å². The van der Waals surface area contributed by atoms with Crippen LogP contribution in [0.1, 0.15) is 40.5 Å². The SMILES string of the molecule is CCCCOc1ccc(C(=O)Nc2ccc(C(=O)OC)cc2)cc1. The lowest BCUT2D eigenvalue weighted by molar-refractivity contribution is 0.0600. The zero-order valence-corrected chi connectivity index (χ0v) is 13.9. The molecule has 0 unspecified atom stereocenters. The predicted molar refractivity (Wildman–Crippen MR) is 92.6 cm³/mol. The van der Waals surface area contributed by atoms with Crippen molar-refractivity contribution in [2.24, 2.45) is 0 Å². The van der Waals surface area contributed by atoms with E-state index in [9.17, 15) is 9.59 Å². The molecule has 2 aromatic rings. The third-order valence-electron chi connectivity index (χ3n) is 3.45. The summed E-state index contributed by atoms with van der Waals surface area (Å²) in [6.45, 7) is 2.78. The molecular weight excluding hydrogens is 306 g/mol. The maximum absolute atomic E-state index is 12.2. The van der Waals surface area contributed by atoms with Gasteiger partial charge in [-0.1, -0.05) is 13.3 Å². The average Bonchev–Trinajstić information content (AvgIpc) is 2.62. The number of carbonyl (C=O) groups excluding carboxylic acids is 2. The van der Waals surface area contributed by atoms with Gasteiger partial charge in [0, 0.05) is 11.3 Å². The molecule has 0 radical (unpaired) electrons. The highest BCUT2D eigenvalue weighted by molar-refractivity contribution is 6.04. The van der Waals surface area contributed by atoms with Gasteiger partial charge in [-0.15, -0.1) is 0 Å². The van der Waals surface area contributed by atoms with E-state index in [1.807, 2.05) is 0 Å². The van der Waals surface area contributed by atoms with Gasteiger partial charge in [-0.2, -0.15) is 0 Å². The Bertz CT molecular complexity index is 678. The van der Waals surface area contributed by atoms with Crippen molar-refractivity contribution >= 4 is 17.6 Å². The van der Waals surface area contributed by atoms with Crippen molar-refractivity contribution in [3.05, 3.63) is 59.7 Å². The van der Waals surface area contributed by atoms with Crippen LogP contribution in [0.3, 0.4) is 0 Å². The molecule has 0 aliphatic heterocycles. The second-order valence-electron chi connectivity index (χ2n) is 5.25. The molecule has 0 bridgehead atoms. The van der Waals surface area contributed by atoms with E-state index < -0.39 is 5.97 Å². The summed E-state index contributed by atoms with van der Waals surface area (Å²) in [7, 11) is 1.33. The Morgan fingerprint density at radius 3 is 2.17 bits per heavy atom. The van der Waals surface area contributed by atoms with Gasteiger partial charge < -0.3 is 14.8 Å². The highest BCUT2D eigenvalue weighted by Gasteiger charge is 2.08. The van der Waals surface area contributed by atoms with Crippen molar-refractivity contribution in [2.75, 3.05) is 19.0 Å². The third kappa shape index (κ3) is 4.84. The standard InChI is InChI=1S/C19H21NO4/c1-3-4-13-24-17-11-7-14(8-12-17)18(21)20-16-9-5-15(6-10-16)19(22)23-2/h5-12H,3-4,13H2,1-2H3,(H,20,21). The van der Waals surface area contributed by atoms with Crippen molar-refractivity contribution in [3.63, 3.8) is 0 Å². The zero-order valence-electron chi connectivity index (χ0n) is 13.9. The van der Waals surface area contributed by atoms with Gasteiger partial charge >= 0.3 is 5.97 Å². The average molecular weight is 327 g/mol. The summed E-state index contributed by atoms with van der Waals surface area (Å²) in [6.07, 6.45) is 2.08. The van der Waals surface area contributed by atoms with Crippen molar-refractivity contribution in [2.45, 2.75) is 19.8 Å². The molecular formula is C19H21NO4. The van der Waals surface area contributed by atoms with E-state index in [0.717, 1.165) is 18.6 Å². The fourth-order valence-corrected chi connectivity index (χ4v) is 2.05. The monoisotopic (exact) mass is 327 g/mol. The minimum atomic E-state index is -0.411. The highest BCUT2D eigenvalue weighted by atomic mass is 16.5. The number of methoxy groups -OCH3 is 1. The number of anilines is 1. The molecule has 0 aliphatic rings. The van der Waals surface area contributed by atoms with Crippen molar-refractivity contribution in [3.8, 4) is 5.75 Å². The van der Waals surface area contributed by atoms with E-state index in [0.29, 0.717) is 23.4 Å². The van der Waals surface area contributed by atoms with E-state index in [4.69, 9.17) is 4.74 Å². The first-order chi connectivity index (χ1) is 11.6. The number of carbonyl (C=O) groups is 2. The number of esters is 1. The lowest BCUT2D eigenvalue weighted by Gasteiger charge is -2.08. The van der Waals surface area contributed by atoms with Gasteiger partial charge in [0.1, 0.15) is 5.75 Å². The van der Waals surface area contributed by atoms with Gasteiger partial charge in [0.25, 0.3) is 5.91 Å². The summed E-state index contributed by atoms with van der Waals surface area (Å²) in [5.41, 5.74) is 1.58. The predicted octanol–water partition coefficient (Wildman–Crippen LogP) is 3.90. The van der Waals surface area contributed by atoms with E-state index in [2.05, 4.69) is 17.0 Å². The molecule has 0 aromatic heterocycles. The molecule has 1 amide bonds. The Kier molecular flexibility index (Phi) is 6.37. The molecule has 0 saturated heterocycles. The lowest BCUT2D eigenvalue weighted by atomic mass is 10.1. The molecule has 0 spiro atoms. The first-order valence-corrected chi connectivity index (χ1v) is 7.86. The molecule has 0 saturated carbocycles. The second kappa shape index (κ2) is 8.72. The van der Waals surface area contributed by atoms with Crippen LogP contribution in [-0.4, -0.2) is 25.6 Å². The number of hydrogen-bond acceptors (Lipinski definition) is 4. The summed E-state index contributed by atoms with van der Waals surface area (Å²) in [5.74, 6) is 0.120. The molecule has 0 aliphatic carbocycles. The first-order valence-electron chi connectivity index (χ1n) is 7.86. The Morgan fingerprint density at radius 2 is 1.58 bits per heavy atom. The largest absolute Gasteiger partial charge is 0.494 e. The number of hydrogen-bond donors (Lipinski definition) is 1. The Balaban J connectivity index is 1.95. The summed E-state index contributed by atoms with van der Waals surface area (Å²) in [5, 5.41) is 2.78. The topological polar surface area (TPSA) is 64.6 Å². The summed E-state index contributed by atoms with van der Waals surface area (Å²) in [6, 6.07) is 13.5. The Morgan fingerprint density at radius 1 is 0.958 bits per heavy atom. The molecule has 5 heteroatoms. The number of ether oxygens (including phenoxy) is 2. The van der Waals surface area contributed by atoms with Gasteiger partial charge in [-0.05, 0) is 55.0 Å². The molecule has 126 valence electrons. The summed E-state index contributed by atoms with van der Waals surface area (Å²) >= 11 is 0. The zero-order chi connectivity index (χ0) is 17.4. The number of unbranched alkanes of at least 4 members (excludes halogenated alkanes) is 1. The number of benzene rings is 2. The molecule has 0 atom stereocenters. The minimum absolute atomic E-state index is 0.221. The molecule has 1 N–H and O–H groups in total. The normalized spacial score (nSPS) is 10.1. The second-order valence-corrected chi connectivity index (χ2v) is 5.25. The van der Waals surface area contributed by atoms with E-state index in [1.165, 1.54) is 7.11 Å². The van der Waals surface area contributed by atoms with Crippen molar-refractivity contribution < 1.29 is 19.1 Å². The highest BCUT2D eigenvalue weighted by Crippen LogP contribution is 2.15. The fraction of sp³-hybridized carbons (Fsp3) is 0.263. The molecule has 2 rings (SSSR count). The van der Waals surface area contributed by atoms with Crippen LogP contribution in [0.25, 0.3) is 0 Å². The van der Waals surface area contributed by atoms with Gasteiger partial charge in [0.15, 0.2) is 0 Å². The Hall–Kier alpha value is -2.82. The number of nitrogens with one attached hydrogen (secondary N) is 1. The van der Waals surface area contributed by atoms with Gasteiger partial charge in [0.05, 0.1) is 19.3 Å². The van der Waals surface area contributed by atoms with E-state index >= 15 is 0 Å². The fourth-order valence-electron chi connectivity index (χ4n) is 2.05. The number of amides is 1. The van der Waals surface area contributed by atoms with Crippen LogP contribution in [0, 0.1) is 0 Å². The third-order valence-corrected chi connectivity index (χ3v) is 3.45. The maximum Gasteiger partial charge on any atom is 0.337 e. The van der Waals surface area contributed by atoms with Crippen LogP contribution in [0.4, 0.5) is 5.69 Å². The first kappa shape index (κ1) is 17.5. The number of rotatable bonds is 7. The minimum Gasteiger partial charge on any atom is -0.494 e. The molecule has 5 nitrogen and oxygen atoms in total. The smallest absolute Gasteiger partial charge is 0.337 e. The molecule has 0 fully saturated rings. The maximum atomic E-state index is 12.2. The van der Waals surface area contributed by atoms with Crippen LogP contribution < -0.4 is 10.1 Å². The Labute approximate surface area is 141 Å². The summed E-state index contributed by atoms with van der Waals surface area (Å²) < 4.78 is 10.2. The van der Waals surface area contributed by atoms with Crippen molar-refractivity contribution in [1.82, 2.24) is 0 Å². The van der Waals surface area contributed by atoms with Crippen LogP contribution in [0.15, 0.2) is 48.5 Å².